The van der Waals surface area contributed by atoms with E-state index < -0.39 is 10.0 Å². The number of unbranched alkanes of at least 4 members (excludes halogenated alkanes) is 1. The maximum absolute atomic E-state index is 12.3. The molecule has 0 saturated carbocycles. The normalized spacial score (nSPS) is 15.5. The fourth-order valence-electron chi connectivity index (χ4n) is 2.96. The molecule has 2 rings (SSSR count). The number of piperazine rings is 1. The van der Waals surface area contributed by atoms with Crippen molar-refractivity contribution in [3.63, 3.8) is 0 Å². The molecule has 140 valence electrons. The minimum absolute atomic E-state index is 0.0805. The fraction of sp³-hybridized carbons (Fsp3) is 0.611. The van der Waals surface area contributed by atoms with Crippen LogP contribution in [0.3, 0.4) is 0 Å². The minimum Gasteiger partial charge on any atom is -0.368 e. The van der Waals surface area contributed by atoms with Crippen molar-refractivity contribution in [1.29, 1.82) is 0 Å². The van der Waals surface area contributed by atoms with Gasteiger partial charge in [-0.15, -0.1) is 0 Å². The number of carbonyl (C=O) groups excluding carboxylic acids is 1. The average molecular weight is 368 g/mol. The summed E-state index contributed by atoms with van der Waals surface area (Å²) in [6.07, 6.45) is 1.42. The minimum atomic E-state index is -3.35. The first-order chi connectivity index (χ1) is 11.8. The number of sulfonamides is 1. The summed E-state index contributed by atoms with van der Waals surface area (Å²) in [6, 6.07) is 6.27. The highest BCUT2D eigenvalue weighted by Crippen LogP contribution is 2.23. The van der Waals surface area contributed by atoms with Crippen molar-refractivity contribution in [3.05, 3.63) is 29.3 Å². The number of anilines is 1. The van der Waals surface area contributed by atoms with Gasteiger partial charge in [-0.05, 0) is 37.5 Å². The van der Waals surface area contributed by atoms with Crippen LogP contribution in [0.1, 0.15) is 30.9 Å². The van der Waals surface area contributed by atoms with Crippen LogP contribution >= 0.6 is 0 Å². The van der Waals surface area contributed by atoms with Gasteiger partial charge in [-0.2, -0.15) is 0 Å². The molecule has 1 aliphatic rings. The van der Waals surface area contributed by atoms with Gasteiger partial charge in [0.1, 0.15) is 0 Å². The number of rotatable bonds is 7. The first kappa shape index (κ1) is 19.7. The third-order valence-electron chi connectivity index (χ3n) is 4.76. The van der Waals surface area contributed by atoms with Crippen molar-refractivity contribution >= 4 is 21.6 Å². The lowest BCUT2D eigenvalue weighted by Crippen LogP contribution is -2.51. The van der Waals surface area contributed by atoms with E-state index in [-0.39, 0.29) is 18.2 Å². The molecule has 0 radical (unpaired) electrons. The Bertz CT molecular complexity index is 696. The third-order valence-corrected chi connectivity index (χ3v) is 6.17. The number of nitrogens with one attached hydrogen (secondary N) is 1. The van der Waals surface area contributed by atoms with Crippen LogP contribution < -0.4 is 9.62 Å². The number of nitrogens with zero attached hydrogens (tertiary/aromatic N) is 2. The van der Waals surface area contributed by atoms with Crippen LogP contribution in [0, 0.1) is 13.8 Å². The first-order valence-corrected chi connectivity index (χ1v) is 10.6. The summed E-state index contributed by atoms with van der Waals surface area (Å²) < 4.78 is 26.0. The second kappa shape index (κ2) is 8.67. The van der Waals surface area contributed by atoms with Crippen LogP contribution in [0.4, 0.5) is 5.69 Å². The van der Waals surface area contributed by atoms with Gasteiger partial charge in [0, 0.05) is 31.9 Å². The van der Waals surface area contributed by atoms with Crippen LogP contribution in [0.25, 0.3) is 0 Å². The Balaban J connectivity index is 1.85. The third kappa shape index (κ3) is 5.44. The number of hydrogen-bond donors (Lipinski definition) is 1. The van der Waals surface area contributed by atoms with Gasteiger partial charge in [0.2, 0.25) is 15.9 Å². The molecule has 0 aromatic heterocycles. The number of aryl methyl sites for hydroxylation is 1. The number of benzene rings is 1. The van der Waals surface area contributed by atoms with Crippen molar-refractivity contribution in [2.75, 3.05) is 43.4 Å². The van der Waals surface area contributed by atoms with E-state index in [0.29, 0.717) is 19.5 Å². The van der Waals surface area contributed by atoms with Crippen LogP contribution in [0.2, 0.25) is 0 Å². The molecular weight excluding hydrogens is 338 g/mol. The monoisotopic (exact) mass is 367 g/mol. The van der Waals surface area contributed by atoms with E-state index in [4.69, 9.17) is 0 Å². The van der Waals surface area contributed by atoms with E-state index in [1.807, 2.05) is 6.92 Å². The Morgan fingerprint density at radius 2 is 1.84 bits per heavy atom. The molecule has 1 aromatic rings. The SMILES string of the molecule is CCCCS(=O)(=O)NCC(=O)N1CCN(c2cccc(C)c2C)CC1. The van der Waals surface area contributed by atoms with Gasteiger partial charge in [-0.25, -0.2) is 13.1 Å². The molecule has 1 fully saturated rings. The van der Waals surface area contributed by atoms with Gasteiger partial charge in [-0.1, -0.05) is 25.5 Å². The summed E-state index contributed by atoms with van der Waals surface area (Å²) in [6.45, 7) is 8.77. The van der Waals surface area contributed by atoms with E-state index in [9.17, 15) is 13.2 Å². The van der Waals surface area contributed by atoms with Crippen molar-refractivity contribution in [1.82, 2.24) is 9.62 Å². The summed E-state index contributed by atoms with van der Waals surface area (Å²) in [5.74, 6) is -0.0716. The van der Waals surface area contributed by atoms with Gasteiger partial charge >= 0.3 is 0 Å². The molecule has 1 saturated heterocycles. The first-order valence-electron chi connectivity index (χ1n) is 8.90. The summed E-state index contributed by atoms with van der Waals surface area (Å²) in [5, 5.41) is 0. The molecule has 25 heavy (non-hydrogen) atoms. The standard InChI is InChI=1S/C18H29N3O3S/c1-4-5-13-25(23,24)19-14-18(22)21-11-9-20(10-12-21)17-8-6-7-15(2)16(17)3/h6-8,19H,4-5,9-14H2,1-3H3. The van der Waals surface area contributed by atoms with Gasteiger partial charge in [-0.3, -0.25) is 4.79 Å². The Morgan fingerprint density at radius 3 is 2.48 bits per heavy atom. The molecule has 0 atom stereocenters. The zero-order chi connectivity index (χ0) is 18.4. The summed E-state index contributed by atoms with van der Waals surface area (Å²) >= 11 is 0. The van der Waals surface area contributed by atoms with Crippen molar-refractivity contribution in [2.45, 2.75) is 33.6 Å². The highest BCUT2D eigenvalue weighted by atomic mass is 32.2. The summed E-state index contributed by atoms with van der Waals surface area (Å²) in [7, 11) is -3.35. The van der Waals surface area contributed by atoms with Crippen molar-refractivity contribution in [2.24, 2.45) is 0 Å². The molecule has 0 spiro atoms. The van der Waals surface area contributed by atoms with E-state index >= 15 is 0 Å². The number of carbonyl (C=O) groups is 1. The van der Waals surface area contributed by atoms with Crippen LogP contribution in [0.15, 0.2) is 18.2 Å². The molecule has 0 aliphatic carbocycles. The fourth-order valence-corrected chi connectivity index (χ4v) is 4.12. The lowest BCUT2D eigenvalue weighted by atomic mass is 10.1. The lowest BCUT2D eigenvalue weighted by molar-refractivity contribution is -0.130. The maximum Gasteiger partial charge on any atom is 0.237 e. The van der Waals surface area contributed by atoms with Crippen molar-refractivity contribution < 1.29 is 13.2 Å². The van der Waals surface area contributed by atoms with Crippen LogP contribution in [-0.4, -0.2) is 57.7 Å². The predicted molar refractivity (Wildman–Crippen MR) is 101 cm³/mol. The summed E-state index contributed by atoms with van der Waals surface area (Å²) in [5.41, 5.74) is 3.75. The molecular formula is C18H29N3O3S. The topological polar surface area (TPSA) is 69.7 Å². The second-order valence-corrected chi connectivity index (χ2v) is 8.51. The molecule has 1 aliphatic heterocycles. The quantitative estimate of drug-likeness (QED) is 0.796. The largest absolute Gasteiger partial charge is 0.368 e. The highest BCUT2D eigenvalue weighted by Gasteiger charge is 2.23. The van der Waals surface area contributed by atoms with Crippen LogP contribution in [-0.2, 0) is 14.8 Å². The molecule has 1 heterocycles. The van der Waals surface area contributed by atoms with Crippen LogP contribution in [0.5, 0.6) is 0 Å². The number of amides is 1. The Hall–Kier alpha value is -1.60. The zero-order valence-electron chi connectivity index (χ0n) is 15.4. The molecule has 0 bridgehead atoms. The highest BCUT2D eigenvalue weighted by molar-refractivity contribution is 7.89. The average Bonchev–Trinajstić information content (AvgIpc) is 2.60. The van der Waals surface area contributed by atoms with E-state index in [2.05, 4.69) is 41.7 Å². The van der Waals surface area contributed by atoms with E-state index in [1.165, 1.54) is 16.8 Å². The van der Waals surface area contributed by atoms with Gasteiger partial charge in [0.25, 0.3) is 0 Å². The Labute approximate surface area is 151 Å². The molecule has 1 amide bonds. The lowest BCUT2D eigenvalue weighted by Gasteiger charge is -2.37. The molecule has 1 N–H and O–H groups in total. The van der Waals surface area contributed by atoms with Gasteiger partial charge < -0.3 is 9.80 Å². The number of hydrogen-bond acceptors (Lipinski definition) is 4. The van der Waals surface area contributed by atoms with E-state index in [1.54, 1.807) is 4.90 Å². The second-order valence-electron chi connectivity index (χ2n) is 6.58. The predicted octanol–water partition coefficient (Wildman–Crippen LogP) is 1.67. The molecule has 7 heteroatoms. The smallest absolute Gasteiger partial charge is 0.237 e. The maximum atomic E-state index is 12.3. The van der Waals surface area contributed by atoms with Gasteiger partial charge in [0.05, 0.1) is 12.3 Å². The van der Waals surface area contributed by atoms with E-state index in [0.717, 1.165) is 19.5 Å². The summed E-state index contributed by atoms with van der Waals surface area (Å²) in [4.78, 5) is 16.3. The molecule has 6 nitrogen and oxygen atoms in total. The van der Waals surface area contributed by atoms with Crippen molar-refractivity contribution in [3.8, 4) is 0 Å². The molecule has 0 unspecified atom stereocenters. The Morgan fingerprint density at radius 1 is 1.16 bits per heavy atom. The molecule has 1 aromatic carbocycles. The zero-order valence-corrected chi connectivity index (χ0v) is 16.2. The Kier molecular flexibility index (Phi) is 6.84. The van der Waals surface area contributed by atoms with Gasteiger partial charge in [0.15, 0.2) is 0 Å².